The summed E-state index contributed by atoms with van der Waals surface area (Å²) in [5.74, 6) is -0.800. The van der Waals surface area contributed by atoms with Crippen molar-refractivity contribution in [2.45, 2.75) is 113 Å². The van der Waals surface area contributed by atoms with Crippen LogP contribution in [0.2, 0.25) is 0 Å². The molecular weight excluding hydrogens is 558 g/mol. The van der Waals surface area contributed by atoms with Crippen molar-refractivity contribution >= 4 is 5.78 Å². The van der Waals surface area contributed by atoms with Crippen LogP contribution >= 0.6 is 0 Å². The molecule has 2 fully saturated rings. The van der Waals surface area contributed by atoms with Crippen molar-refractivity contribution in [1.29, 1.82) is 0 Å². The van der Waals surface area contributed by atoms with Crippen LogP contribution in [0.3, 0.4) is 0 Å². The monoisotopic (exact) mass is 603 g/mol. The van der Waals surface area contributed by atoms with E-state index in [4.69, 9.17) is 18.9 Å². The number of nitrogens with zero attached hydrogens (tertiary/aromatic N) is 1. The first-order chi connectivity index (χ1) is 19.2. The first kappa shape index (κ1) is 36.2. The molecule has 2 saturated heterocycles. The second-order valence-electron chi connectivity index (χ2n) is 10.1. The molecule has 0 radical (unpaired) electrons. The van der Waals surface area contributed by atoms with Gasteiger partial charge >= 0.3 is 0 Å². The Morgan fingerprint density at radius 3 is 1.78 bits per heavy atom. The molecule has 0 bridgehead atoms. The summed E-state index contributed by atoms with van der Waals surface area (Å²) in [5, 5.41) is 113. The number of rotatable bonds is 15. The van der Waals surface area contributed by atoms with E-state index < -0.39 is 111 Å². The minimum atomic E-state index is -2.52. The Labute approximate surface area is 236 Å². The molecule has 2 heterocycles. The summed E-state index contributed by atoms with van der Waals surface area (Å²) < 4.78 is 21.2. The second-order valence-corrected chi connectivity index (χ2v) is 10.1. The number of hydrogen-bond acceptors (Lipinski definition) is 17. The molecule has 41 heavy (non-hydrogen) atoms. The summed E-state index contributed by atoms with van der Waals surface area (Å²) in [5.41, 5.74) is -2.52. The fourth-order valence-electron chi connectivity index (χ4n) is 4.82. The minimum Gasteiger partial charge on any atom is -0.394 e. The lowest BCUT2D eigenvalue weighted by molar-refractivity contribution is -0.333. The standard InChI is InChI=1S/C24H45NO16/c1-4-13(28)24(37,25(5-2)6-3)21(36)14(29)10(27)8-38-22-20(35)18(33)16(31)12(41-22)9-39-23-19(34)17(32)15(30)11(7-26)40-23/h10-12,14-23,26-27,29-37H,4-9H2,1-3H3/t10-,11-,12-,14-,15-,16-,17+,18+,19-,20-,21+,22+,23+,24+/m1/s1. The lowest BCUT2D eigenvalue weighted by atomic mass is 9.91. The summed E-state index contributed by atoms with van der Waals surface area (Å²) in [7, 11) is 0. The first-order valence-corrected chi connectivity index (χ1v) is 13.5. The van der Waals surface area contributed by atoms with Crippen molar-refractivity contribution in [3.05, 3.63) is 0 Å². The van der Waals surface area contributed by atoms with Crippen LogP contribution in [0.15, 0.2) is 0 Å². The molecule has 2 aliphatic rings. The Hall–Kier alpha value is -0.970. The Balaban J connectivity index is 2.05. The molecule has 2 aliphatic heterocycles. The van der Waals surface area contributed by atoms with Gasteiger partial charge in [-0.05, 0) is 13.1 Å². The molecule has 0 unspecified atom stereocenters. The fraction of sp³-hybridized carbons (Fsp3) is 0.958. The van der Waals surface area contributed by atoms with Crippen LogP contribution in [0.25, 0.3) is 0 Å². The lowest BCUT2D eigenvalue weighted by Gasteiger charge is -2.43. The van der Waals surface area contributed by atoms with E-state index in [1.807, 2.05) is 0 Å². The van der Waals surface area contributed by atoms with Gasteiger partial charge in [0, 0.05) is 6.42 Å². The third-order valence-electron chi connectivity index (χ3n) is 7.48. The van der Waals surface area contributed by atoms with Gasteiger partial charge in [-0.15, -0.1) is 0 Å². The summed E-state index contributed by atoms with van der Waals surface area (Å²) in [6.45, 7) is 2.79. The highest BCUT2D eigenvalue weighted by molar-refractivity contribution is 5.87. The maximum atomic E-state index is 12.5. The van der Waals surface area contributed by atoms with Gasteiger partial charge in [-0.3, -0.25) is 9.69 Å². The predicted molar refractivity (Wildman–Crippen MR) is 134 cm³/mol. The number of aliphatic hydroxyl groups is 11. The van der Waals surface area contributed by atoms with Crippen LogP contribution in [-0.4, -0.2) is 185 Å². The van der Waals surface area contributed by atoms with E-state index in [1.54, 1.807) is 13.8 Å². The lowest BCUT2D eigenvalue weighted by Crippen LogP contribution is -2.66. The summed E-state index contributed by atoms with van der Waals surface area (Å²) in [4.78, 5) is 13.7. The smallest absolute Gasteiger partial charge is 0.207 e. The van der Waals surface area contributed by atoms with Crippen molar-refractivity contribution in [2.24, 2.45) is 0 Å². The van der Waals surface area contributed by atoms with Gasteiger partial charge in [-0.2, -0.15) is 0 Å². The molecule has 17 nitrogen and oxygen atoms in total. The summed E-state index contributed by atoms with van der Waals surface area (Å²) in [6.07, 6.45) is -23.0. The molecule has 0 saturated carbocycles. The number of aliphatic hydroxyl groups excluding tert-OH is 10. The largest absolute Gasteiger partial charge is 0.394 e. The summed E-state index contributed by atoms with van der Waals surface area (Å²) >= 11 is 0. The van der Waals surface area contributed by atoms with Crippen molar-refractivity contribution in [3.8, 4) is 0 Å². The fourth-order valence-corrected chi connectivity index (χ4v) is 4.82. The molecule has 17 heteroatoms. The molecule has 14 atom stereocenters. The Morgan fingerprint density at radius 2 is 1.29 bits per heavy atom. The van der Waals surface area contributed by atoms with Crippen LogP contribution < -0.4 is 0 Å². The van der Waals surface area contributed by atoms with Gasteiger partial charge in [-0.1, -0.05) is 20.8 Å². The van der Waals surface area contributed by atoms with Gasteiger partial charge in [-0.25, -0.2) is 0 Å². The van der Waals surface area contributed by atoms with E-state index in [-0.39, 0.29) is 19.5 Å². The van der Waals surface area contributed by atoms with Crippen LogP contribution in [0, 0.1) is 0 Å². The molecule has 0 aromatic carbocycles. The average molecular weight is 604 g/mol. The SMILES string of the molecule is CCC(=O)[C@](O)([C@@H](O)[C@H](O)[C@H](O)CO[C@H]1O[C@H](CO[C@H]2O[C@H](CO)[C@@H](O)[C@H](O)[C@H]2O)[C@@H](O)[C@H](O)[C@H]1O)N(CC)CC. The highest BCUT2D eigenvalue weighted by atomic mass is 16.7. The average Bonchev–Trinajstić information content (AvgIpc) is 2.97. The first-order valence-electron chi connectivity index (χ1n) is 13.5. The zero-order chi connectivity index (χ0) is 31.2. The third-order valence-corrected chi connectivity index (χ3v) is 7.48. The van der Waals surface area contributed by atoms with Gasteiger partial charge in [0.25, 0.3) is 0 Å². The number of ketones is 1. The number of likely N-dealkylation sites (N-methyl/N-ethyl adjacent to an activating group) is 1. The van der Waals surface area contributed by atoms with Crippen molar-refractivity contribution in [2.75, 3.05) is 32.9 Å². The van der Waals surface area contributed by atoms with Crippen LogP contribution in [0.1, 0.15) is 27.2 Å². The van der Waals surface area contributed by atoms with E-state index in [2.05, 4.69) is 0 Å². The normalized spacial score (nSPS) is 38.3. The zero-order valence-electron chi connectivity index (χ0n) is 23.2. The Bertz CT molecular complexity index is 804. The van der Waals surface area contributed by atoms with Gasteiger partial charge in [0.1, 0.15) is 67.1 Å². The molecule has 242 valence electrons. The third kappa shape index (κ3) is 7.76. The second kappa shape index (κ2) is 15.7. The maximum Gasteiger partial charge on any atom is 0.207 e. The van der Waals surface area contributed by atoms with Gasteiger partial charge in [0.15, 0.2) is 18.4 Å². The molecular formula is C24H45NO16. The number of hydrogen-bond donors (Lipinski definition) is 11. The van der Waals surface area contributed by atoms with E-state index in [0.717, 1.165) is 0 Å². The molecule has 11 N–H and O–H groups in total. The van der Waals surface area contributed by atoms with Crippen LogP contribution in [-0.2, 0) is 23.7 Å². The molecule has 0 spiro atoms. The van der Waals surface area contributed by atoms with Crippen LogP contribution in [0.4, 0.5) is 0 Å². The quantitative estimate of drug-likeness (QED) is 0.0776. The minimum absolute atomic E-state index is 0.129. The highest BCUT2D eigenvalue weighted by Crippen LogP contribution is 2.27. The zero-order valence-corrected chi connectivity index (χ0v) is 23.2. The van der Waals surface area contributed by atoms with Gasteiger partial charge in [0.05, 0.1) is 19.8 Å². The number of ether oxygens (including phenoxy) is 4. The van der Waals surface area contributed by atoms with E-state index in [1.165, 1.54) is 11.8 Å². The number of carbonyl (C=O) groups is 1. The van der Waals surface area contributed by atoms with Crippen molar-refractivity contribution < 1.29 is 79.9 Å². The van der Waals surface area contributed by atoms with E-state index in [0.29, 0.717) is 0 Å². The molecule has 2 rings (SSSR count). The van der Waals surface area contributed by atoms with E-state index >= 15 is 0 Å². The Morgan fingerprint density at radius 1 is 0.805 bits per heavy atom. The Kier molecular flexibility index (Phi) is 13.8. The van der Waals surface area contributed by atoms with Gasteiger partial charge in [0.2, 0.25) is 5.72 Å². The van der Waals surface area contributed by atoms with Crippen molar-refractivity contribution in [3.63, 3.8) is 0 Å². The molecule has 0 aliphatic carbocycles. The summed E-state index contributed by atoms with van der Waals surface area (Å²) in [6, 6.07) is 0. The molecule has 0 aromatic rings. The maximum absolute atomic E-state index is 12.5. The van der Waals surface area contributed by atoms with E-state index in [9.17, 15) is 61.0 Å². The number of carbonyl (C=O) groups excluding carboxylic acids is 1. The predicted octanol–water partition coefficient (Wildman–Crippen LogP) is -6.28. The van der Waals surface area contributed by atoms with Crippen LogP contribution in [0.5, 0.6) is 0 Å². The molecule has 0 amide bonds. The topological polar surface area (TPSA) is 280 Å². The highest BCUT2D eigenvalue weighted by Gasteiger charge is 2.51. The number of Topliss-reactive ketones (excluding diaryl/α,β-unsaturated/α-hetero) is 1. The van der Waals surface area contributed by atoms with Crippen molar-refractivity contribution in [1.82, 2.24) is 4.90 Å². The van der Waals surface area contributed by atoms with Gasteiger partial charge < -0.3 is 75.1 Å². The molecule has 0 aromatic heterocycles.